The van der Waals surface area contributed by atoms with Crippen LogP contribution in [-0.4, -0.2) is 33.7 Å². The Balaban J connectivity index is 2.22. The molecule has 6 nitrogen and oxygen atoms in total. The summed E-state index contributed by atoms with van der Waals surface area (Å²) in [7, 11) is -3.15. The molecule has 0 atom stereocenters. The number of hydrogen-bond donors (Lipinski definition) is 3. The highest BCUT2D eigenvalue weighted by molar-refractivity contribution is 7.88. The molecule has 106 valence electrons. The van der Waals surface area contributed by atoms with E-state index < -0.39 is 10.0 Å². The van der Waals surface area contributed by atoms with E-state index in [0.29, 0.717) is 25.2 Å². The van der Waals surface area contributed by atoms with Crippen LogP contribution in [0, 0.1) is 0 Å². The topological polar surface area (TPSA) is 101 Å². The van der Waals surface area contributed by atoms with Crippen LogP contribution >= 0.6 is 0 Å². The lowest BCUT2D eigenvalue weighted by Gasteiger charge is -2.06. The fraction of sp³-hybridized carbons (Fsp3) is 0.417. The average molecular weight is 285 g/mol. The van der Waals surface area contributed by atoms with Crippen LogP contribution in [0.1, 0.15) is 12.0 Å². The third-order valence-corrected chi connectivity index (χ3v) is 3.08. The van der Waals surface area contributed by atoms with Gasteiger partial charge in [0.25, 0.3) is 0 Å². The zero-order valence-corrected chi connectivity index (χ0v) is 11.7. The summed E-state index contributed by atoms with van der Waals surface area (Å²) in [5.74, 6) is -0.107. The predicted octanol–water partition coefficient (Wildman–Crippen LogP) is -0.133. The molecule has 0 unspecified atom stereocenters. The molecule has 0 aliphatic heterocycles. The second-order valence-electron chi connectivity index (χ2n) is 4.29. The molecule has 0 saturated carbocycles. The first kappa shape index (κ1) is 15.5. The standard InChI is InChI=1S/C12H19N3O3S/c1-19(17,18)15-7-3-6-14-12(16)9-10-4-2-5-11(13)8-10/h2,4-5,8,15H,3,6-7,9,13H2,1H3,(H,14,16). The number of benzene rings is 1. The molecule has 1 aromatic rings. The van der Waals surface area contributed by atoms with Gasteiger partial charge in [-0.25, -0.2) is 13.1 Å². The predicted molar refractivity (Wildman–Crippen MR) is 75.0 cm³/mol. The van der Waals surface area contributed by atoms with Crippen LogP contribution < -0.4 is 15.8 Å². The maximum atomic E-state index is 11.6. The first-order valence-electron chi connectivity index (χ1n) is 5.92. The normalized spacial score (nSPS) is 11.2. The van der Waals surface area contributed by atoms with Gasteiger partial charge in [-0.15, -0.1) is 0 Å². The Hall–Kier alpha value is -1.60. The summed E-state index contributed by atoms with van der Waals surface area (Å²) < 4.78 is 23.9. The van der Waals surface area contributed by atoms with Gasteiger partial charge in [0.1, 0.15) is 0 Å². The Kier molecular flexibility index (Phi) is 5.78. The molecular weight excluding hydrogens is 266 g/mol. The minimum atomic E-state index is -3.15. The molecule has 4 N–H and O–H groups in total. The van der Waals surface area contributed by atoms with E-state index in [9.17, 15) is 13.2 Å². The van der Waals surface area contributed by atoms with Crippen molar-refractivity contribution in [3.8, 4) is 0 Å². The van der Waals surface area contributed by atoms with Gasteiger partial charge < -0.3 is 11.1 Å². The first-order chi connectivity index (χ1) is 8.87. The van der Waals surface area contributed by atoms with Crippen LogP contribution in [0.5, 0.6) is 0 Å². The second-order valence-corrected chi connectivity index (χ2v) is 6.12. The molecule has 19 heavy (non-hydrogen) atoms. The highest BCUT2D eigenvalue weighted by Gasteiger charge is 2.03. The van der Waals surface area contributed by atoms with E-state index >= 15 is 0 Å². The summed E-state index contributed by atoms with van der Waals surface area (Å²) >= 11 is 0. The van der Waals surface area contributed by atoms with E-state index in [-0.39, 0.29) is 12.3 Å². The number of nitrogens with one attached hydrogen (secondary N) is 2. The van der Waals surface area contributed by atoms with Gasteiger partial charge in [0.15, 0.2) is 0 Å². The van der Waals surface area contributed by atoms with E-state index in [2.05, 4.69) is 10.0 Å². The van der Waals surface area contributed by atoms with E-state index in [1.54, 1.807) is 18.2 Å². The van der Waals surface area contributed by atoms with Gasteiger partial charge in [0.05, 0.1) is 12.7 Å². The molecule has 0 spiro atoms. The molecule has 0 saturated heterocycles. The Labute approximate surface area is 113 Å². The molecule has 1 amide bonds. The summed E-state index contributed by atoms with van der Waals surface area (Å²) in [6.07, 6.45) is 1.92. The number of carbonyl (C=O) groups excluding carboxylic acids is 1. The van der Waals surface area contributed by atoms with Gasteiger partial charge in [-0.2, -0.15) is 0 Å². The molecule has 0 aliphatic carbocycles. The number of nitrogens with two attached hydrogens (primary N) is 1. The Morgan fingerprint density at radius 3 is 2.68 bits per heavy atom. The third-order valence-electron chi connectivity index (χ3n) is 2.36. The maximum absolute atomic E-state index is 11.6. The maximum Gasteiger partial charge on any atom is 0.224 e. The summed E-state index contributed by atoms with van der Waals surface area (Å²) in [5, 5.41) is 2.72. The highest BCUT2D eigenvalue weighted by atomic mass is 32.2. The van der Waals surface area contributed by atoms with E-state index in [1.165, 1.54) is 0 Å². The lowest BCUT2D eigenvalue weighted by atomic mass is 10.1. The Bertz CT molecular complexity index is 529. The zero-order chi connectivity index (χ0) is 14.3. The van der Waals surface area contributed by atoms with Crippen molar-refractivity contribution in [3.05, 3.63) is 29.8 Å². The Morgan fingerprint density at radius 1 is 1.32 bits per heavy atom. The van der Waals surface area contributed by atoms with E-state index in [0.717, 1.165) is 11.8 Å². The molecule has 1 rings (SSSR count). The van der Waals surface area contributed by atoms with Crippen molar-refractivity contribution in [2.75, 3.05) is 25.1 Å². The van der Waals surface area contributed by atoms with Gasteiger partial charge in [-0.05, 0) is 24.1 Å². The van der Waals surface area contributed by atoms with Gasteiger partial charge >= 0.3 is 0 Å². The molecule has 0 fully saturated rings. The minimum absolute atomic E-state index is 0.107. The number of amides is 1. The smallest absolute Gasteiger partial charge is 0.224 e. The largest absolute Gasteiger partial charge is 0.399 e. The molecule has 0 bridgehead atoms. The minimum Gasteiger partial charge on any atom is -0.399 e. The van der Waals surface area contributed by atoms with Crippen molar-refractivity contribution in [2.45, 2.75) is 12.8 Å². The number of carbonyl (C=O) groups is 1. The first-order valence-corrected chi connectivity index (χ1v) is 7.82. The van der Waals surface area contributed by atoms with Crippen molar-refractivity contribution in [3.63, 3.8) is 0 Å². The lowest BCUT2D eigenvalue weighted by Crippen LogP contribution is -2.30. The summed E-state index contributed by atoms with van der Waals surface area (Å²) in [5.41, 5.74) is 7.10. The van der Waals surface area contributed by atoms with Crippen LogP contribution in [0.2, 0.25) is 0 Å². The quantitative estimate of drug-likeness (QED) is 0.479. The van der Waals surface area contributed by atoms with E-state index in [4.69, 9.17) is 5.73 Å². The number of nitrogen functional groups attached to an aromatic ring is 1. The number of hydrogen-bond acceptors (Lipinski definition) is 4. The number of rotatable bonds is 7. The van der Waals surface area contributed by atoms with Crippen LogP contribution in [0.15, 0.2) is 24.3 Å². The van der Waals surface area contributed by atoms with Crippen molar-refractivity contribution >= 4 is 21.6 Å². The van der Waals surface area contributed by atoms with Crippen molar-refractivity contribution in [1.82, 2.24) is 10.0 Å². The lowest BCUT2D eigenvalue weighted by molar-refractivity contribution is -0.120. The fourth-order valence-electron chi connectivity index (χ4n) is 1.52. The number of sulfonamides is 1. The average Bonchev–Trinajstić information content (AvgIpc) is 2.26. The molecule has 0 aliphatic rings. The van der Waals surface area contributed by atoms with Gasteiger partial charge in [-0.1, -0.05) is 12.1 Å². The molecule has 1 aromatic carbocycles. The van der Waals surface area contributed by atoms with Gasteiger partial charge in [-0.3, -0.25) is 4.79 Å². The van der Waals surface area contributed by atoms with Crippen molar-refractivity contribution in [2.24, 2.45) is 0 Å². The zero-order valence-electron chi connectivity index (χ0n) is 10.8. The fourth-order valence-corrected chi connectivity index (χ4v) is 2.04. The molecule has 7 heteroatoms. The molecule has 0 radical (unpaired) electrons. The van der Waals surface area contributed by atoms with Crippen molar-refractivity contribution < 1.29 is 13.2 Å². The van der Waals surface area contributed by atoms with E-state index in [1.807, 2.05) is 6.07 Å². The second kappa shape index (κ2) is 7.10. The third kappa shape index (κ3) is 7.43. The van der Waals surface area contributed by atoms with Crippen LogP contribution in [-0.2, 0) is 21.2 Å². The van der Waals surface area contributed by atoms with Crippen molar-refractivity contribution in [1.29, 1.82) is 0 Å². The number of anilines is 1. The molecule has 0 aromatic heterocycles. The highest BCUT2D eigenvalue weighted by Crippen LogP contribution is 2.06. The molecular formula is C12H19N3O3S. The van der Waals surface area contributed by atoms with Crippen LogP contribution in [0.4, 0.5) is 5.69 Å². The summed E-state index contributed by atoms with van der Waals surface area (Å²) in [4.78, 5) is 11.6. The Morgan fingerprint density at radius 2 is 2.05 bits per heavy atom. The SMILES string of the molecule is CS(=O)(=O)NCCCNC(=O)Cc1cccc(N)c1. The van der Waals surface area contributed by atoms with Gasteiger partial charge in [0, 0.05) is 18.8 Å². The summed E-state index contributed by atoms with van der Waals surface area (Å²) in [6, 6.07) is 7.15. The monoisotopic (exact) mass is 285 g/mol. The molecule has 0 heterocycles. The van der Waals surface area contributed by atoms with Crippen LogP contribution in [0.25, 0.3) is 0 Å². The summed E-state index contributed by atoms with van der Waals surface area (Å²) in [6.45, 7) is 0.751. The van der Waals surface area contributed by atoms with Crippen LogP contribution in [0.3, 0.4) is 0 Å². The van der Waals surface area contributed by atoms with Gasteiger partial charge in [0.2, 0.25) is 15.9 Å².